The average Bonchev–Trinajstić information content (AvgIpc) is 3.17. The number of hydrogen-bond donors (Lipinski definition) is 0. The second kappa shape index (κ2) is 7.19. The SMILES string of the molecule is Cc1nc(C(=O)N2C[C@@H]3CN(Cc4cccnc4)CCO[C@@H]3C2)cs1. The van der Waals surface area contributed by atoms with Crippen LogP contribution in [0.25, 0.3) is 0 Å². The van der Waals surface area contributed by atoms with Crippen molar-refractivity contribution in [3.8, 4) is 0 Å². The second-order valence-electron chi connectivity index (χ2n) is 6.73. The molecule has 0 aromatic carbocycles. The minimum atomic E-state index is 0.0276. The van der Waals surface area contributed by atoms with Crippen LogP contribution in [0.2, 0.25) is 0 Å². The van der Waals surface area contributed by atoms with E-state index in [1.165, 1.54) is 16.9 Å². The van der Waals surface area contributed by atoms with Crippen LogP contribution < -0.4 is 0 Å². The fraction of sp³-hybridized carbons (Fsp3) is 0.500. The van der Waals surface area contributed by atoms with Crippen molar-refractivity contribution in [2.75, 3.05) is 32.8 Å². The van der Waals surface area contributed by atoms with Gasteiger partial charge in [0.05, 0.1) is 17.7 Å². The average molecular weight is 358 g/mol. The van der Waals surface area contributed by atoms with Crippen LogP contribution in [0, 0.1) is 12.8 Å². The van der Waals surface area contributed by atoms with Gasteiger partial charge in [-0.15, -0.1) is 11.3 Å². The van der Waals surface area contributed by atoms with Gasteiger partial charge < -0.3 is 9.64 Å². The van der Waals surface area contributed by atoms with Crippen molar-refractivity contribution in [3.05, 3.63) is 46.2 Å². The fourth-order valence-electron chi connectivity index (χ4n) is 3.64. The number of carbonyl (C=O) groups is 1. The predicted molar refractivity (Wildman–Crippen MR) is 95.5 cm³/mol. The number of fused-ring (bicyclic) bond motifs is 1. The number of thiazole rings is 1. The van der Waals surface area contributed by atoms with Gasteiger partial charge in [-0.2, -0.15) is 0 Å². The van der Waals surface area contributed by atoms with Gasteiger partial charge in [0, 0.05) is 56.4 Å². The molecule has 1 amide bonds. The summed E-state index contributed by atoms with van der Waals surface area (Å²) >= 11 is 1.52. The van der Waals surface area contributed by atoms with Gasteiger partial charge in [0.1, 0.15) is 5.69 Å². The molecule has 2 aliphatic rings. The van der Waals surface area contributed by atoms with E-state index in [1.807, 2.05) is 29.5 Å². The lowest BCUT2D eigenvalue weighted by Gasteiger charge is -2.23. The molecule has 2 aromatic rings. The number of likely N-dealkylation sites (tertiary alicyclic amines) is 1. The van der Waals surface area contributed by atoms with Crippen molar-refractivity contribution >= 4 is 17.2 Å². The van der Waals surface area contributed by atoms with Crippen molar-refractivity contribution in [1.29, 1.82) is 0 Å². The van der Waals surface area contributed by atoms with E-state index in [4.69, 9.17) is 4.74 Å². The monoisotopic (exact) mass is 358 g/mol. The summed E-state index contributed by atoms with van der Waals surface area (Å²) in [4.78, 5) is 25.5. The Morgan fingerprint density at radius 2 is 2.32 bits per heavy atom. The summed E-state index contributed by atoms with van der Waals surface area (Å²) in [6.07, 6.45) is 3.84. The van der Waals surface area contributed by atoms with Crippen LogP contribution in [-0.4, -0.2) is 64.6 Å². The van der Waals surface area contributed by atoms with Gasteiger partial charge in [0.2, 0.25) is 0 Å². The van der Waals surface area contributed by atoms with Gasteiger partial charge in [-0.25, -0.2) is 4.98 Å². The van der Waals surface area contributed by atoms with Gasteiger partial charge in [-0.3, -0.25) is 14.7 Å². The molecule has 0 spiro atoms. The van der Waals surface area contributed by atoms with E-state index < -0.39 is 0 Å². The lowest BCUT2D eigenvalue weighted by molar-refractivity contribution is 0.0482. The normalized spacial score (nSPS) is 24.1. The second-order valence-corrected chi connectivity index (χ2v) is 7.79. The van der Waals surface area contributed by atoms with E-state index in [1.54, 1.807) is 6.20 Å². The van der Waals surface area contributed by atoms with Gasteiger partial charge in [-0.05, 0) is 18.6 Å². The molecule has 4 heterocycles. The molecule has 25 heavy (non-hydrogen) atoms. The number of hydrogen-bond acceptors (Lipinski definition) is 6. The molecule has 0 N–H and O–H groups in total. The zero-order valence-electron chi connectivity index (χ0n) is 14.3. The van der Waals surface area contributed by atoms with Crippen molar-refractivity contribution < 1.29 is 9.53 Å². The van der Waals surface area contributed by atoms with E-state index in [9.17, 15) is 4.79 Å². The van der Waals surface area contributed by atoms with Crippen LogP contribution >= 0.6 is 11.3 Å². The summed E-state index contributed by atoms with van der Waals surface area (Å²) in [6.45, 7) is 6.78. The number of carbonyl (C=O) groups excluding carboxylic acids is 1. The molecule has 2 aromatic heterocycles. The molecule has 6 nitrogen and oxygen atoms in total. The molecule has 0 bridgehead atoms. The van der Waals surface area contributed by atoms with E-state index >= 15 is 0 Å². The zero-order chi connectivity index (χ0) is 17.2. The number of pyridine rings is 1. The summed E-state index contributed by atoms with van der Waals surface area (Å²) in [6, 6.07) is 4.07. The maximum atomic E-state index is 12.7. The molecule has 0 saturated carbocycles. The highest BCUT2D eigenvalue weighted by atomic mass is 32.1. The molecular formula is C18H22N4O2S. The van der Waals surface area contributed by atoms with Crippen LogP contribution in [0.5, 0.6) is 0 Å². The molecule has 2 fully saturated rings. The predicted octanol–water partition coefficient (Wildman–Crippen LogP) is 1.82. The van der Waals surface area contributed by atoms with Crippen molar-refractivity contribution in [2.24, 2.45) is 5.92 Å². The Morgan fingerprint density at radius 1 is 1.40 bits per heavy atom. The van der Waals surface area contributed by atoms with Crippen molar-refractivity contribution in [2.45, 2.75) is 19.6 Å². The minimum absolute atomic E-state index is 0.0276. The van der Waals surface area contributed by atoms with Crippen molar-refractivity contribution in [3.63, 3.8) is 0 Å². The molecule has 4 rings (SSSR count). The van der Waals surface area contributed by atoms with Crippen LogP contribution in [0.4, 0.5) is 0 Å². The summed E-state index contributed by atoms with van der Waals surface area (Å²) in [5, 5.41) is 2.78. The Balaban J connectivity index is 1.41. The van der Waals surface area contributed by atoms with Gasteiger partial charge in [-0.1, -0.05) is 6.07 Å². The molecular weight excluding hydrogens is 336 g/mol. The highest BCUT2D eigenvalue weighted by molar-refractivity contribution is 7.09. The first-order valence-corrected chi connectivity index (χ1v) is 9.51. The lowest BCUT2D eigenvalue weighted by atomic mass is 10.1. The molecule has 0 unspecified atom stereocenters. The molecule has 2 aliphatic heterocycles. The van der Waals surface area contributed by atoms with Gasteiger partial charge in [0.25, 0.3) is 5.91 Å². The van der Waals surface area contributed by atoms with E-state index in [0.29, 0.717) is 24.8 Å². The largest absolute Gasteiger partial charge is 0.375 e. The maximum absolute atomic E-state index is 12.7. The number of nitrogens with zero attached hydrogens (tertiary/aromatic N) is 4. The Kier molecular flexibility index (Phi) is 4.78. The topological polar surface area (TPSA) is 58.6 Å². The summed E-state index contributed by atoms with van der Waals surface area (Å²) in [7, 11) is 0. The standard InChI is InChI=1S/C18H22N4O2S/c1-13-20-16(12-25-13)18(23)22-10-15-9-21(5-6-24-17(15)11-22)8-14-3-2-4-19-7-14/h2-4,7,12,15,17H,5-6,8-11H2,1H3/t15-,17+/m0/s1. The lowest BCUT2D eigenvalue weighted by Crippen LogP contribution is -2.33. The Labute approximate surface area is 151 Å². The first kappa shape index (κ1) is 16.6. The van der Waals surface area contributed by atoms with E-state index in [0.717, 1.165) is 31.2 Å². The molecule has 0 aliphatic carbocycles. The van der Waals surface area contributed by atoms with Gasteiger partial charge >= 0.3 is 0 Å². The minimum Gasteiger partial charge on any atom is -0.375 e. The summed E-state index contributed by atoms with van der Waals surface area (Å²) in [5.74, 6) is 0.377. The number of rotatable bonds is 3. The summed E-state index contributed by atoms with van der Waals surface area (Å²) < 4.78 is 6.05. The number of amides is 1. The van der Waals surface area contributed by atoms with Crippen molar-refractivity contribution in [1.82, 2.24) is 19.8 Å². The van der Waals surface area contributed by atoms with Gasteiger partial charge in [0.15, 0.2) is 0 Å². The van der Waals surface area contributed by atoms with Crippen LogP contribution in [-0.2, 0) is 11.3 Å². The van der Waals surface area contributed by atoms with E-state index in [2.05, 4.69) is 20.9 Å². The first-order valence-electron chi connectivity index (χ1n) is 8.63. The van der Waals surface area contributed by atoms with Crippen LogP contribution in [0.15, 0.2) is 29.9 Å². The third kappa shape index (κ3) is 3.73. The van der Waals surface area contributed by atoms with Crippen LogP contribution in [0.3, 0.4) is 0 Å². The number of aromatic nitrogens is 2. The number of ether oxygens (including phenoxy) is 1. The highest BCUT2D eigenvalue weighted by Crippen LogP contribution is 2.26. The molecule has 132 valence electrons. The Bertz CT molecular complexity index is 736. The summed E-state index contributed by atoms with van der Waals surface area (Å²) in [5.41, 5.74) is 1.77. The molecule has 2 atom stereocenters. The Morgan fingerprint density at radius 3 is 3.08 bits per heavy atom. The quantitative estimate of drug-likeness (QED) is 0.838. The molecule has 7 heteroatoms. The maximum Gasteiger partial charge on any atom is 0.273 e. The Hall–Kier alpha value is -1.83. The zero-order valence-corrected chi connectivity index (χ0v) is 15.1. The fourth-order valence-corrected chi connectivity index (χ4v) is 4.23. The number of aryl methyl sites for hydroxylation is 1. The smallest absolute Gasteiger partial charge is 0.273 e. The van der Waals surface area contributed by atoms with E-state index in [-0.39, 0.29) is 12.0 Å². The third-order valence-electron chi connectivity index (χ3n) is 4.87. The molecule has 2 saturated heterocycles. The molecule has 0 radical (unpaired) electrons. The highest BCUT2D eigenvalue weighted by Gasteiger charge is 2.39. The third-order valence-corrected chi connectivity index (χ3v) is 5.64. The first-order chi connectivity index (χ1) is 12.2. The van der Waals surface area contributed by atoms with Crippen LogP contribution in [0.1, 0.15) is 21.1 Å².